The SMILES string of the molecule is COc1ccc(CCNc2ccnc(C(=O)Nc3ccccc3C(C)C)c2)cc1. The maximum atomic E-state index is 12.7. The number of benzene rings is 2. The standard InChI is InChI=1S/C24H27N3O2/c1-17(2)21-6-4-5-7-22(21)27-24(28)23-16-19(13-15-26-23)25-14-12-18-8-10-20(29-3)11-9-18/h4-11,13,15-17H,12,14H2,1-3H3,(H,25,26)(H,27,28). The number of para-hydroxylation sites is 1. The van der Waals surface area contributed by atoms with E-state index in [1.807, 2.05) is 42.5 Å². The molecular weight excluding hydrogens is 362 g/mol. The van der Waals surface area contributed by atoms with E-state index in [0.29, 0.717) is 11.6 Å². The fraction of sp³-hybridized carbons (Fsp3) is 0.250. The monoisotopic (exact) mass is 389 g/mol. The normalized spacial score (nSPS) is 10.6. The van der Waals surface area contributed by atoms with E-state index in [0.717, 1.165) is 35.7 Å². The number of pyridine rings is 1. The molecule has 150 valence electrons. The maximum absolute atomic E-state index is 12.7. The molecule has 3 rings (SSSR count). The number of carbonyl (C=O) groups is 1. The van der Waals surface area contributed by atoms with E-state index in [1.54, 1.807) is 19.4 Å². The lowest BCUT2D eigenvalue weighted by atomic mass is 10.0. The van der Waals surface area contributed by atoms with Gasteiger partial charge in [0.2, 0.25) is 0 Å². The van der Waals surface area contributed by atoms with E-state index in [1.165, 1.54) is 5.56 Å². The smallest absolute Gasteiger partial charge is 0.274 e. The maximum Gasteiger partial charge on any atom is 0.274 e. The molecule has 0 spiro atoms. The molecule has 0 fully saturated rings. The molecular formula is C24H27N3O2. The number of amides is 1. The van der Waals surface area contributed by atoms with Gasteiger partial charge in [0.15, 0.2) is 0 Å². The molecule has 0 atom stereocenters. The third-order valence-electron chi connectivity index (χ3n) is 4.73. The summed E-state index contributed by atoms with van der Waals surface area (Å²) in [5.41, 5.74) is 4.41. The van der Waals surface area contributed by atoms with Gasteiger partial charge < -0.3 is 15.4 Å². The summed E-state index contributed by atoms with van der Waals surface area (Å²) in [6, 6.07) is 19.5. The number of methoxy groups -OCH3 is 1. The third kappa shape index (κ3) is 5.57. The van der Waals surface area contributed by atoms with Crippen molar-refractivity contribution in [2.45, 2.75) is 26.2 Å². The average molecular weight is 389 g/mol. The molecule has 2 aromatic carbocycles. The number of aromatic nitrogens is 1. The number of hydrogen-bond acceptors (Lipinski definition) is 4. The second-order valence-corrected chi connectivity index (χ2v) is 7.15. The number of nitrogens with one attached hydrogen (secondary N) is 2. The zero-order valence-electron chi connectivity index (χ0n) is 17.1. The van der Waals surface area contributed by atoms with Gasteiger partial charge in [0.05, 0.1) is 7.11 Å². The van der Waals surface area contributed by atoms with E-state index < -0.39 is 0 Å². The summed E-state index contributed by atoms with van der Waals surface area (Å²) in [6.07, 6.45) is 2.52. The van der Waals surface area contributed by atoms with Crippen LogP contribution in [0.5, 0.6) is 5.75 Å². The largest absolute Gasteiger partial charge is 0.497 e. The van der Waals surface area contributed by atoms with E-state index in [-0.39, 0.29) is 5.91 Å². The van der Waals surface area contributed by atoms with Crippen LogP contribution < -0.4 is 15.4 Å². The van der Waals surface area contributed by atoms with Crippen molar-refractivity contribution < 1.29 is 9.53 Å². The molecule has 29 heavy (non-hydrogen) atoms. The third-order valence-corrected chi connectivity index (χ3v) is 4.73. The molecule has 0 saturated carbocycles. The van der Waals surface area contributed by atoms with Gasteiger partial charge in [-0.15, -0.1) is 0 Å². The van der Waals surface area contributed by atoms with Gasteiger partial charge in [-0.25, -0.2) is 0 Å². The van der Waals surface area contributed by atoms with Crippen molar-refractivity contribution in [2.75, 3.05) is 24.3 Å². The van der Waals surface area contributed by atoms with Crippen molar-refractivity contribution in [1.82, 2.24) is 4.98 Å². The fourth-order valence-electron chi connectivity index (χ4n) is 3.11. The molecule has 1 heterocycles. The Labute approximate surface area is 172 Å². The Bertz CT molecular complexity index is 952. The Kier molecular flexibility index (Phi) is 6.85. The lowest BCUT2D eigenvalue weighted by molar-refractivity contribution is 0.102. The summed E-state index contributed by atoms with van der Waals surface area (Å²) in [7, 11) is 1.66. The van der Waals surface area contributed by atoms with Gasteiger partial charge in [0.25, 0.3) is 5.91 Å². The van der Waals surface area contributed by atoms with Gasteiger partial charge in [-0.1, -0.05) is 44.2 Å². The summed E-state index contributed by atoms with van der Waals surface area (Å²) in [5.74, 6) is 0.966. The molecule has 0 unspecified atom stereocenters. The molecule has 0 radical (unpaired) electrons. The Morgan fingerprint density at radius 1 is 1.07 bits per heavy atom. The minimum absolute atomic E-state index is 0.211. The Balaban J connectivity index is 1.60. The van der Waals surface area contributed by atoms with Crippen molar-refractivity contribution in [2.24, 2.45) is 0 Å². The van der Waals surface area contributed by atoms with Crippen LogP contribution in [0.3, 0.4) is 0 Å². The minimum atomic E-state index is -0.211. The number of ether oxygens (including phenoxy) is 1. The Hall–Kier alpha value is -3.34. The first-order valence-corrected chi connectivity index (χ1v) is 9.80. The molecule has 2 N–H and O–H groups in total. The van der Waals surface area contributed by atoms with Crippen LogP contribution in [0.4, 0.5) is 11.4 Å². The molecule has 0 aliphatic carbocycles. The summed E-state index contributed by atoms with van der Waals surface area (Å²) in [6.45, 7) is 4.97. The van der Waals surface area contributed by atoms with Gasteiger partial charge in [-0.05, 0) is 53.8 Å². The zero-order chi connectivity index (χ0) is 20.6. The Morgan fingerprint density at radius 3 is 2.55 bits per heavy atom. The van der Waals surface area contributed by atoms with Crippen molar-refractivity contribution >= 4 is 17.3 Å². The highest BCUT2D eigenvalue weighted by molar-refractivity contribution is 6.03. The van der Waals surface area contributed by atoms with E-state index >= 15 is 0 Å². The molecule has 0 aliphatic heterocycles. The molecule has 3 aromatic rings. The average Bonchev–Trinajstić information content (AvgIpc) is 2.74. The number of hydrogen-bond donors (Lipinski definition) is 2. The topological polar surface area (TPSA) is 63.2 Å². The second-order valence-electron chi connectivity index (χ2n) is 7.15. The van der Waals surface area contributed by atoms with Crippen LogP contribution in [-0.4, -0.2) is 24.5 Å². The highest BCUT2D eigenvalue weighted by atomic mass is 16.5. The van der Waals surface area contributed by atoms with Crippen molar-refractivity contribution in [1.29, 1.82) is 0 Å². The van der Waals surface area contributed by atoms with Crippen LogP contribution in [0, 0.1) is 0 Å². The van der Waals surface area contributed by atoms with Crippen LogP contribution in [-0.2, 0) is 6.42 Å². The number of carbonyl (C=O) groups excluding carboxylic acids is 1. The lowest BCUT2D eigenvalue weighted by Crippen LogP contribution is -2.15. The molecule has 0 saturated heterocycles. The van der Waals surface area contributed by atoms with Crippen LogP contribution in [0.25, 0.3) is 0 Å². The summed E-state index contributed by atoms with van der Waals surface area (Å²) in [4.78, 5) is 16.9. The highest BCUT2D eigenvalue weighted by Crippen LogP contribution is 2.24. The molecule has 5 nitrogen and oxygen atoms in total. The Morgan fingerprint density at radius 2 is 1.83 bits per heavy atom. The van der Waals surface area contributed by atoms with E-state index in [2.05, 4.69) is 41.6 Å². The summed E-state index contributed by atoms with van der Waals surface area (Å²) >= 11 is 0. The van der Waals surface area contributed by atoms with Gasteiger partial charge in [0, 0.05) is 24.1 Å². The summed E-state index contributed by atoms with van der Waals surface area (Å²) < 4.78 is 5.18. The fourth-order valence-corrected chi connectivity index (χ4v) is 3.11. The van der Waals surface area contributed by atoms with Crippen LogP contribution in [0.1, 0.15) is 41.4 Å². The van der Waals surface area contributed by atoms with Crippen LogP contribution in [0.2, 0.25) is 0 Å². The molecule has 0 aliphatic rings. The zero-order valence-corrected chi connectivity index (χ0v) is 17.1. The first kappa shape index (κ1) is 20.4. The van der Waals surface area contributed by atoms with E-state index in [9.17, 15) is 4.79 Å². The lowest BCUT2D eigenvalue weighted by Gasteiger charge is -2.14. The van der Waals surface area contributed by atoms with Gasteiger partial charge >= 0.3 is 0 Å². The van der Waals surface area contributed by atoms with Crippen molar-refractivity contribution in [3.63, 3.8) is 0 Å². The van der Waals surface area contributed by atoms with Gasteiger partial charge in [-0.3, -0.25) is 9.78 Å². The number of nitrogens with zero attached hydrogens (tertiary/aromatic N) is 1. The predicted molar refractivity (Wildman–Crippen MR) is 118 cm³/mol. The summed E-state index contributed by atoms with van der Waals surface area (Å²) in [5, 5.41) is 6.35. The van der Waals surface area contributed by atoms with Crippen LogP contribution >= 0.6 is 0 Å². The van der Waals surface area contributed by atoms with Crippen molar-refractivity contribution in [3.8, 4) is 5.75 Å². The molecule has 0 bridgehead atoms. The predicted octanol–water partition coefficient (Wildman–Crippen LogP) is 5.12. The molecule has 1 aromatic heterocycles. The molecule has 5 heteroatoms. The first-order valence-electron chi connectivity index (χ1n) is 9.80. The second kappa shape index (κ2) is 9.73. The quantitative estimate of drug-likeness (QED) is 0.561. The number of rotatable bonds is 8. The van der Waals surface area contributed by atoms with Gasteiger partial charge in [0.1, 0.15) is 11.4 Å². The number of anilines is 2. The minimum Gasteiger partial charge on any atom is -0.497 e. The van der Waals surface area contributed by atoms with Crippen molar-refractivity contribution in [3.05, 3.63) is 83.7 Å². The van der Waals surface area contributed by atoms with E-state index in [4.69, 9.17) is 4.74 Å². The van der Waals surface area contributed by atoms with Gasteiger partial charge in [-0.2, -0.15) is 0 Å². The highest BCUT2D eigenvalue weighted by Gasteiger charge is 2.12. The van der Waals surface area contributed by atoms with Crippen LogP contribution in [0.15, 0.2) is 66.9 Å². The molecule has 1 amide bonds. The first-order chi connectivity index (χ1) is 14.1.